The Balaban J connectivity index is 1.80. The van der Waals surface area contributed by atoms with E-state index in [4.69, 9.17) is 16.6 Å². The van der Waals surface area contributed by atoms with Crippen molar-refractivity contribution in [2.45, 2.75) is 45.6 Å². The predicted octanol–water partition coefficient (Wildman–Crippen LogP) is 4.32. The van der Waals surface area contributed by atoms with Gasteiger partial charge in [0.2, 0.25) is 0 Å². The summed E-state index contributed by atoms with van der Waals surface area (Å²) in [6.45, 7) is 3.35. The van der Waals surface area contributed by atoms with Crippen molar-refractivity contribution < 1.29 is 0 Å². The second kappa shape index (κ2) is 4.49. The van der Waals surface area contributed by atoms with Gasteiger partial charge >= 0.3 is 0 Å². The monoisotopic (exact) mass is 288 g/mol. The van der Waals surface area contributed by atoms with Crippen LogP contribution in [0.1, 0.15) is 37.1 Å². The number of benzene rings is 1. The van der Waals surface area contributed by atoms with Crippen LogP contribution in [0.25, 0.3) is 11.0 Å². The molecule has 2 nitrogen and oxygen atoms in total. The van der Waals surface area contributed by atoms with Crippen molar-refractivity contribution in [3.05, 3.63) is 29.6 Å². The first-order valence-corrected chi connectivity index (χ1v) is 8.28. The van der Waals surface area contributed by atoms with Gasteiger partial charge in [0.25, 0.3) is 0 Å². The number of imidazole rings is 1. The van der Waals surface area contributed by atoms with Gasteiger partial charge in [0.05, 0.1) is 11.0 Å². The normalized spacial score (nSPS) is 20.5. The zero-order valence-electron chi connectivity index (χ0n) is 12.0. The highest BCUT2D eigenvalue weighted by Crippen LogP contribution is 2.62. The minimum atomic E-state index is 0.594. The number of hydrogen-bond donors (Lipinski definition) is 0. The van der Waals surface area contributed by atoms with Crippen LogP contribution >= 0.6 is 11.6 Å². The van der Waals surface area contributed by atoms with Crippen LogP contribution < -0.4 is 0 Å². The average molecular weight is 289 g/mol. The Hall–Kier alpha value is -1.02. The third kappa shape index (κ3) is 1.96. The fourth-order valence-corrected chi connectivity index (χ4v) is 3.89. The van der Waals surface area contributed by atoms with Crippen molar-refractivity contribution in [3.8, 4) is 0 Å². The summed E-state index contributed by atoms with van der Waals surface area (Å²) in [7, 11) is 0. The van der Waals surface area contributed by atoms with Gasteiger partial charge in [0.1, 0.15) is 5.82 Å². The Morgan fingerprint density at radius 1 is 1.35 bits per heavy atom. The average Bonchev–Trinajstić information content (AvgIpc) is 3.31. The highest BCUT2D eigenvalue weighted by atomic mass is 35.5. The van der Waals surface area contributed by atoms with E-state index in [1.807, 2.05) is 0 Å². The molecule has 1 aromatic carbocycles. The Bertz CT molecular complexity index is 650. The maximum Gasteiger partial charge on any atom is 0.111 e. The van der Waals surface area contributed by atoms with Crippen LogP contribution in [0.4, 0.5) is 0 Å². The molecule has 3 heteroatoms. The van der Waals surface area contributed by atoms with Crippen molar-refractivity contribution in [3.63, 3.8) is 0 Å². The van der Waals surface area contributed by atoms with E-state index in [0.717, 1.165) is 24.4 Å². The number of rotatable bonds is 5. The molecule has 2 fully saturated rings. The molecule has 20 heavy (non-hydrogen) atoms. The van der Waals surface area contributed by atoms with Crippen molar-refractivity contribution >= 4 is 22.6 Å². The van der Waals surface area contributed by atoms with Crippen LogP contribution in [0, 0.1) is 18.3 Å². The molecule has 106 valence electrons. The molecule has 1 heterocycles. The lowest BCUT2D eigenvalue weighted by atomic mass is 10.0. The van der Waals surface area contributed by atoms with Crippen LogP contribution in [-0.4, -0.2) is 15.4 Å². The summed E-state index contributed by atoms with van der Waals surface area (Å²) in [5.74, 6) is 2.81. The molecule has 0 aliphatic heterocycles. The molecule has 0 amide bonds. The quantitative estimate of drug-likeness (QED) is 0.750. The molecule has 2 saturated carbocycles. The van der Waals surface area contributed by atoms with Gasteiger partial charge in [-0.05, 0) is 55.6 Å². The van der Waals surface area contributed by atoms with E-state index in [1.165, 1.54) is 42.6 Å². The second-order valence-electron chi connectivity index (χ2n) is 6.63. The lowest BCUT2D eigenvalue weighted by Gasteiger charge is -2.18. The van der Waals surface area contributed by atoms with Gasteiger partial charge in [0.15, 0.2) is 0 Å². The molecule has 0 bridgehead atoms. The summed E-state index contributed by atoms with van der Waals surface area (Å²) in [4.78, 5) is 4.83. The van der Waals surface area contributed by atoms with E-state index in [9.17, 15) is 0 Å². The Labute approximate surface area is 125 Å². The van der Waals surface area contributed by atoms with Crippen LogP contribution in [0.15, 0.2) is 18.2 Å². The second-order valence-corrected chi connectivity index (χ2v) is 7.01. The molecule has 1 aromatic heterocycles. The van der Waals surface area contributed by atoms with Gasteiger partial charge in [-0.2, -0.15) is 0 Å². The molecule has 0 spiro atoms. The smallest absolute Gasteiger partial charge is 0.111 e. The van der Waals surface area contributed by atoms with Gasteiger partial charge in [0, 0.05) is 18.8 Å². The molecule has 0 saturated heterocycles. The fourth-order valence-electron chi connectivity index (χ4n) is 3.73. The van der Waals surface area contributed by atoms with E-state index in [1.54, 1.807) is 0 Å². The Kier molecular flexibility index (Phi) is 2.85. The lowest BCUT2D eigenvalue weighted by molar-refractivity contribution is 0.369. The molecule has 0 N–H and O–H groups in total. The molecule has 2 aliphatic rings. The first-order valence-electron chi connectivity index (χ1n) is 7.74. The largest absolute Gasteiger partial charge is 0.327 e. The predicted molar refractivity (Wildman–Crippen MR) is 83.3 cm³/mol. The first kappa shape index (κ1) is 12.7. The summed E-state index contributed by atoms with van der Waals surface area (Å²) in [6.07, 6.45) is 6.57. The van der Waals surface area contributed by atoms with Crippen LogP contribution in [0.2, 0.25) is 0 Å². The van der Waals surface area contributed by atoms with E-state index in [2.05, 4.69) is 29.7 Å². The number of halogens is 1. The highest BCUT2D eigenvalue weighted by molar-refractivity contribution is 6.17. The minimum Gasteiger partial charge on any atom is -0.327 e. The minimum absolute atomic E-state index is 0.594. The summed E-state index contributed by atoms with van der Waals surface area (Å²) in [5.41, 5.74) is 4.40. The van der Waals surface area contributed by atoms with Crippen molar-refractivity contribution in [2.75, 3.05) is 5.88 Å². The third-order valence-electron chi connectivity index (χ3n) is 5.17. The topological polar surface area (TPSA) is 17.8 Å². The van der Waals surface area contributed by atoms with Gasteiger partial charge in [-0.3, -0.25) is 0 Å². The van der Waals surface area contributed by atoms with Crippen molar-refractivity contribution in [1.29, 1.82) is 0 Å². The summed E-state index contributed by atoms with van der Waals surface area (Å²) >= 11 is 5.98. The van der Waals surface area contributed by atoms with E-state index in [-0.39, 0.29) is 0 Å². The third-order valence-corrected chi connectivity index (χ3v) is 5.36. The molecular weight excluding hydrogens is 268 g/mol. The summed E-state index contributed by atoms with van der Waals surface area (Å²) in [5, 5.41) is 0. The van der Waals surface area contributed by atoms with Crippen molar-refractivity contribution in [2.24, 2.45) is 11.3 Å². The molecule has 0 unspecified atom stereocenters. The number of nitrogens with zero attached hydrogens (tertiary/aromatic N) is 2. The van der Waals surface area contributed by atoms with E-state index < -0.39 is 0 Å². The number of alkyl halides is 1. The van der Waals surface area contributed by atoms with Crippen molar-refractivity contribution in [1.82, 2.24) is 9.55 Å². The number of hydrogen-bond acceptors (Lipinski definition) is 1. The van der Waals surface area contributed by atoms with E-state index in [0.29, 0.717) is 11.3 Å². The van der Waals surface area contributed by atoms with Gasteiger partial charge in [-0.25, -0.2) is 4.98 Å². The molecule has 2 aromatic rings. The molecule has 2 aliphatic carbocycles. The maximum absolute atomic E-state index is 5.98. The van der Waals surface area contributed by atoms with Gasteiger partial charge in [-0.1, -0.05) is 12.1 Å². The summed E-state index contributed by atoms with van der Waals surface area (Å²) < 4.78 is 2.48. The highest BCUT2D eigenvalue weighted by Gasteiger charge is 2.54. The Morgan fingerprint density at radius 3 is 2.80 bits per heavy atom. The molecule has 0 atom stereocenters. The van der Waals surface area contributed by atoms with Gasteiger partial charge < -0.3 is 4.57 Å². The number of aromatic nitrogens is 2. The van der Waals surface area contributed by atoms with Crippen LogP contribution in [-0.2, 0) is 13.0 Å². The van der Waals surface area contributed by atoms with Crippen LogP contribution in [0.3, 0.4) is 0 Å². The molecular formula is C17H21ClN2. The van der Waals surface area contributed by atoms with E-state index >= 15 is 0 Å². The zero-order chi connectivity index (χ0) is 13.7. The van der Waals surface area contributed by atoms with Gasteiger partial charge in [-0.15, -0.1) is 11.6 Å². The Morgan fingerprint density at radius 2 is 2.15 bits per heavy atom. The maximum atomic E-state index is 5.98. The SMILES string of the molecule is Cc1cccc2nc(CCCl)n(CC3(C4CC4)CC3)c12. The molecule has 0 radical (unpaired) electrons. The summed E-state index contributed by atoms with van der Waals surface area (Å²) in [6, 6.07) is 6.43. The number of para-hydroxylation sites is 1. The zero-order valence-corrected chi connectivity index (χ0v) is 12.8. The first-order chi connectivity index (χ1) is 9.73. The number of fused-ring (bicyclic) bond motifs is 1. The lowest BCUT2D eigenvalue weighted by Crippen LogP contribution is -2.16. The standard InChI is InChI=1S/C17H21ClN2/c1-12-3-2-4-14-16(12)20(15(19-14)7-10-18)11-17(8-9-17)13-5-6-13/h2-4,13H,5-11H2,1H3. The number of aryl methyl sites for hydroxylation is 2. The fraction of sp³-hybridized carbons (Fsp3) is 0.588. The molecule has 4 rings (SSSR count). The van der Waals surface area contributed by atoms with Crippen LogP contribution in [0.5, 0.6) is 0 Å².